The maximum atomic E-state index is 12.9. The number of unbranched alkanes of at least 4 members (excludes halogenated alkanes) is 22. The molecule has 404 valence electrons. The molecule has 3 atom stereocenters. The lowest BCUT2D eigenvalue weighted by molar-refractivity contribution is -0.161. The summed E-state index contributed by atoms with van der Waals surface area (Å²) in [5.41, 5.74) is 0. The van der Waals surface area contributed by atoms with Gasteiger partial charge in [-0.25, -0.2) is 4.57 Å². The van der Waals surface area contributed by atoms with Crippen molar-refractivity contribution in [1.82, 2.24) is 0 Å². The molecule has 0 aromatic heterocycles. The molecule has 0 amide bonds. The number of aliphatic hydroxyl groups is 1. The van der Waals surface area contributed by atoms with Crippen molar-refractivity contribution in [2.75, 3.05) is 26.4 Å². The Morgan fingerprint density at radius 1 is 0.414 bits per heavy atom. The number of ether oxygens (including phenoxy) is 3. The molecule has 0 rings (SSSR count). The van der Waals surface area contributed by atoms with Crippen LogP contribution >= 0.6 is 7.82 Å². The summed E-state index contributed by atoms with van der Waals surface area (Å²) in [7, 11) is -4.75. The Morgan fingerprint density at radius 3 is 1.17 bits per heavy atom. The van der Waals surface area contributed by atoms with Gasteiger partial charge >= 0.3 is 25.7 Å². The molecule has 0 bridgehead atoms. The second-order valence-corrected chi connectivity index (χ2v) is 19.8. The van der Waals surface area contributed by atoms with E-state index in [1.807, 2.05) is 0 Å². The number of rotatable bonds is 51. The van der Waals surface area contributed by atoms with Gasteiger partial charge in [-0.3, -0.25) is 23.4 Å². The average Bonchev–Trinajstić information content (AvgIpc) is 3.35. The molecule has 0 saturated carbocycles. The molecule has 0 radical (unpaired) electrons. The van der Waals surface area contributed by atoms with Gasteiger partial charge in [0.15, 0.2) is 6.10 Å². The predicted molar refractivity (Wildman–Crippen MR) is 288 cm³/mol. The van der Waals surface area contributed by atoms with Gasteiger partial charge in [-0.05, 0) is 89.9 Å². The summed E-state index contributed by atoms with van der Waals surface area (Å²) in [6.45, 7) is 4.45. The zero-order valence-electron chi connectivity index (χ0n) is 44.5. The number of carbonyl (C=O) groups excluding carboxylic acids is 3. The predicted octanol–water partition coefficient (Wildman–Crippen LogP) is 16.1. The number of carbonyl (C=O) groups is 3. The first kappa shape index (κ1) is 66.9. The number of phosphoric acid groups is 1. The molecule has 11 nitrogen and oxygen atoms in total. The first-order chi connectivity index (χ1) is 34.2. The fourth-order valence-corrected chi connectivity index (χ4v) is 8.16. The molecule has 0 aliphatic heterocycles. The van der Waals surface area contributed by atoms with E-state index in [2.05, 4.69) is 93.7 Å². The Balaban J connectivity index is 4.76. The Bertz CT molecular complexity index is 1450. The van der Waals surface area contributed by atoms with Crippen LogP contribution in [0.2, 0.25) is 0 Å². The van der Waals surface area contributed by atoms with Crippen molar-refractivity contribution in [3.05, 3.63) is 72.9 Å². The fourth-order valence-electron chi connectivity index (χ4n) is 7.38. The van der Waals surface area contributed by atoms with E-state index in [1.54, 1.807) is 0 Å². The fraction of sp³-hybridized carbons (Fsp3) is 0.741. The lowest BCUT2D eigenvalue weighted by atomic mass is 10.1. The van der Waals surface area contributed by atoms with Gasteiger partial charge in [0.2, 0.25) is 0 Å². The molecule has 0 aromatic carbocycles. The molecular formula is C58H101O11P. The van der Waals surface area contributed by atoms with Crippen molar-refractivity contribution in [3.8, 4) is 0 Å². The summed E-state index contributed by atoms with van der Waals surface area (Å²) in [6, 6.07) is 0. The Kier molecular flexibility index (Phi) is 50.0. The maximum absolute atomic E-state index is 12.9. The van der Waals surface area contributed by atoms with Crippen molar-refractivity contribution < 1.29 is 52.2 Å². The van der Waals surface area contributed by atoms with Crippen molar-refractivity contribution in [1.29, 1.82) is 0 Å². The number of aliphatic hydroxyl groups excluding tert-OH is 1. The monoisotopic (exact) mass is 1000 g/mol. The third-order valence-corrected chi connectivity index (χ3v) is 12.6. The van der Waals surface area contributed by atoms with E-state index in [4.69, 9.17) is 23.3 Å². The summed E-state index contributed by atoms with van der Waals surface area (Å²) in [6.07, 6.45) is 57.3. The summed E-state index contributed by atoms with van der Waals surface area (Å²) < 4.78 is 39.4. The van der Waals surface area contributed by atoms with Gasteiger partial charge in [-0.2, -0.15) is 0 Å². The van der Waals surface area contributed by atoms with Crippen molar-refractivity contribution in [3.63, 3.8) is 0 Å². The Morgan fingerprint density at radius 2 is 0.743 bits per heavy atom. The van der Waals surface area contributed by atoms with Crippen LogP contribution in [-0.4, -0.2) is 66.5 Å². The standard InChI is InChI=1S/C58H101O11P/c1-4-7-10-13-16-19-21-23-25-26-27-28-30-31-33-36-38-41-44-47-56(60)65-51-55(69-58(62)49-46-43-40-37-34-32-29-24-22-20-17-14-11-8-5-2)53-67-70(63,64)66-52-54(50-59)68-57(61)48-45-42-39-35-18-15-12-9-6-3/h7,10,16-17,19-20,23-25,27-29,54-55,59H,4-6,8-9,11-15,18,21-22,26,30-53H2,1-3H3,(H,63,64)/b10-7-,19-16-,20-17-,25-23-,28-27-,29-24-. The minimum atomic E-state index is -4.75. The van der Waals surface area contributed by atoms with Crippen molar-refractivity contribution in [2.24, 2.45) is 0 Å². The maximum Gasteiger partial charge on any atom is 0.472 e. The van der Waals surface area contributed by atoms with E-state index in [0.717, 1.165) is 128 Å². The smallest absolute Gasteiger partial charge is 0.462 e. The Labute approximate surface area is 427 Å². The molecule has 0 heterocycles. The van der Waals surface area contributed by atoms with Crippen LogP contribution in [0.5, 0.6) is 0 Å². The molecular weight excluding hydrogens is 904 g/mol. The zero-order valence-corrected chi connectivity index (χ0v) is 45.4. The molecule has 0 saturated heterocycles. The van der Waals surface area contributed by atoms with Crippen molar-refractivity contribution in [2.45, 2.75) is 251 Å². The van der Waals surface area contributed by atoms with E-state index in [9.17, 15) is 28.9 Å². The Hall–Kier alpha value is -3.08. The number of hydrogen-bond acceptors (Lipinski definition) is 10. The molecule has 0 aliphatic carbocycles. The van der Waals surface area contributed by atoms with Gasteiger partial charge in [-0.1, -0.05) is 203 Å². The highest BCUT2D eigenvalue weighted by Crippen LogP contribution is 2.43. The van der Waals surface area contributed by atoms with Gasteiger partial charge in [0.05, 0.1) is 19.8 Å². The number of allylic oxidation sites excluding steroid dienone is 12. The second-order valence-electron chi connectivity index (χ2n) is 18.4. The summed E-state index contributed by atoms with van der Waals surface area (Å²) in [5, 5.41) is 9.76. The number of esters is 3. The highest BCUT2D eigenvalue weighted by atomic mass is 31.2. The molecule has 0 aliphatic rings. The third kappa shape index (κ3) is 49.9. The van der Waals surface area contributed by atoms with Crippen molar-refractivity contribution >= 4 is 25.7 Å². The van der Waals surface area contributed by atoms with Crippen LogP contribution in [0.4, 0.5) is 0 Å². The molecule has 2 N–H and O–H groups in total. The molecule has 3 unspecified atom stereocenters. The van der Waals surface area contributed by atoms with Crippen LogP contribution in [0, 0.1) is 0 Å². The third-order valence-electron chi connectivity index (χ3n) is 11.6. The summed E-state index contributed by atoms with van der Waals surface area (Å²) >= 11 is 0. The highest BCUT2D eigenvalue weighted by molar-refractivity contribution is 7.47. The molecule has 0 aromatic rings. The van der Waals surface area contributed by atoms with Gasteiger partial charge in [-0.15, -0.1) is 0 Å². The number of phosphoric ester groups is 1. The number of hydrogen-bond donors (Lipinski definition) is 2. The van der Waals surface area contributed by atoms with Crippen LogP contribution in [0.25, 0.3) is 0 Å². The second kappa shape index (κ2) is 52.2. The topological polar surface area (TPSA) is 155 Å². The molecule has 0 spiro atoms. The normalized spacial score (nSPS) is 14.0. The van der Waals surface area contributed by atoms with E-state index in [1.165, 1.54) is 51.4 Å². The first-order valence-electron chi connectivity index (χ1n) is 27.8. The molecule has 12 heteroatoms. The molecule has 70 heavy (non-hydrogen) atoms. The SMILES string of the molecule is CC/C=C\C/C=C\C/C=C\C/C=C\CCCCCCCCC(=O)OCC(COP(=O)(O)OCC(CO)OC(=O)CCCCCCCCCCC)OC(=O)CCCCCCC/C=C\C/C=C\CCCCC. The van der Waals surface area contributed by atoms with Crippen LogP contribution in [-0.2, 0) is 42.2 Å². The van der Waals surface area contributed by atoms with Gasteiger partial charge < -0.3 is 24.2 Å². The van der Waals surface area contributed by atoms with Gasteiger partial charge in [0.25, 0.3) is 0 Å². The lowest BCUT2D eigenvalue weighted by Crippen LogP contribution is -2.30. The average molecular weight is 1010 g/mol. The lowest BCUT2D eigenvalue weighted by Gasteiger charge is -2.21. The minimum Gasteiger partial charge on any atom is -0.462 e. The van der Waals surface area contributed by atoms with Crippen LogP contribution < -0.4 is 0 Å². The van der Waals surface area contributed by atoms with Gasteiger partial charge in [0.1, 0.15) is 12.7 Å². The van der Waals surface area contributed by atoms with E-state index in [0.29, 0.717) is 19.3 Å². The quantitative estimate of drug-likeness (QED) is 0.0197. The van der Waals surface area contributed by atoms with Crippen LogP contribution in [0.1, 0.15) is 239 Å². The molecule has 0 fully saturated rings. The van der Waals surface area contributed by atoms with Crippen LogP contribution in [0.3, 0.4) is 0 Å². The zero-order chi connectivity index (χ0) is 51.3. The first-order valence-corrected chi connectivity index (χ1v) is 29.3. The van der Waals surface area contributed by atoms with E-state index >= 15 is 0 Å². The van der Waals surface area contributed by atoms with Crippen LogP contribution in [0.15, 0.2) is 72.9 Å². The summed E-state index contributed by atoms with van der Waals surface area (Å²) in [5.74, 6) is -1.50. The van der Waals surface area contributed by atoms with E-state index < -0.39 is 57.8 Å². The summed E-state index contributed by atoms with van der Waals surface area (Å²) in [4.78, 5) is 48.4. The minimum absolute atomic E-state index is 0.147. The van der Waals surface area contributed by atoms with E-state index in [-0.39, 0.29) is 25.9 Å². The van der Waals surface area contributed by atoms with Gasteiger partial charge in [0, 0.05) is 19.3 Å². The largest absolute Gasteiger partial charge is 0.472 e. The highest BCUT2D eigenvalue weighted by Gasteiger charge is 2.28.